The van der Waals surface area contributed by atoms with Crippen LogP contribution in [-0.2, 0) is 16.4 Å². The molecule has 0 bridgehead atoms. The van der Waals surface area contributed by atoms with Gasteiger partial charge in [0.15, 0.2) is 0 Å². The first-order valence-electron chi connectivity index (χ1n) is 7.43. The average molecular weight is 360 g/mol. The van der Waals surface area contributed by atoms with Crippen LogP contribution in [0.3, 0.4) is 0 Å². The molecule has 2 aromatic carbocycles. The fourth-order valence-electron chi connectivity index (χ4n) is 2.49. The molecule has 1 amide bonds. The Balaban J connectivity index is 2.04. The number of carbonyl (C=O) groups excluding carboxylic acids is 1. The topological polar surface area (TPSA) is 138 Å². The number of nitrogens with two attached hydrogens (primary N) is 1. The number of hydrogen-bond acceptors (Lipinski definition) is 5. The number of fused-ring (bicyclic) bond motifs is 1. The van der Waals surface area contributed by atoms with Crippen molar-refractivity contribution in [2.75, 3.05) is 4.72 Å². The lowest BCUT2D eigenvalue weighted by atomic mass is 10.1. The van der Waals surface area contributed by atoms with Crippen LogP contribution in [0.4, 0.5) is 5.69 Å². The number of sulfonamides is 1. The minimum absolute atomic E-state index is 0.152. The molecule has 1 aromatic heterocycles. The number of aryl methyl sites for hydroxylation is 1. The summed E-state index contributed by atoms with van der Waals surface area (Å²) in [5, 5.41) is 10.0. The highest BCUT2D eigenvalue weighted by Crippen LogP contribution is 2.28. The number of benzene rings is 2. The van der Waals surface area contributed by atoms with Gasteiger partial charge in [-0.25, -0.2) is 13.4 Å². The number of phenols is 1. The molecule has 9 heteroatoms. The second-order valence-corrected chi connectivity index (χ2v) is 7.12. The number of rotatable bonds is 5. The Morgan fingerprint density at radius 3 is 2.76 bits per heavy atom. The van der Waals surface area contributed by atoms with E-state index in [1.807, 2.05) is 0 Å². The normalized spacial score (nSPS) is 11.6. The molecule has 8 nitrogen and oxygen atoms in total. The summed E-state index contributed by atoms with van der Waals surface area (Å²) in [5.41, 5.74) is 7.04. The Bertz CT molecular complexity index is 1070. The van der Waals surface area contributed by atoms with Crippen LogP contribution in [0.15, 0.2) is 41.6 Å². The zero-order valence-corrected chi connectivity index (χ0v) is 14.1. The van der Waals surface area contributed by atoms with Crippen molar-refractivity contribution in [3.05, 3.63) is 47.8 Å². The van der Waals surface area contributed by atoms with E-state index in [0.717, 1.165) is 6.07 Å². The van der Waals surface area contributed by atoms with Gasteiger partial charge in [-0.05, 0) is 42.3 Å². The molecule has 0 radical (unpaired) electrons. The highest BCUT2D eigenvalue weighted by atomic mass is 32.2. The summed E-state index contributed by atoms with van der Waals surface area (Å²) in [6.07, 6.45) is 1.85. The maximum Gasteiger partial charge on any atom is 0.261 e. The van der Waals surface area contributed by atoms with Gasteiger partial charge in [0.25, 0.3) is 15.9 Å². The fraction of sp³-hybridized carbons (Fsp3) is 0.125. The number of H-pyrrole nitrogens is 1. The SMILES string of the molecule is CCc1cc(S(=O)(=O)Nc2ccc3nc[nH]c3c2)cc(C(N)=O)c1O. The largest absolute Gasteiger partial charge is 0.507 e. The van der Waals surface area contributed by atoms with E-state index in [4.69, 9.17) is 5.73 Å². The van der Waals surface area contributed by atoms with Crippen LogP contribution in [0.5, 0.6) is 5.75 Å². The van der Waals surface area contributed by atoms with Crippen molar-refractivity contribution in [1.29, 1.82) is 0 Å². The molecular weight excluding hydrogens is 344 g/mol. The molecule has 3 aromatic rings. The van der Waals surface area contributed by atoms with Crippen molar-refractivity contribution in [3.63, 3.8) is 0 Å². The predicted octanol–water partition coefficient (Wildman–Crippen LogP) is 1.73. The number of aromatic amines is 1. The second-order valence-electron chi connectivity index (χ2n) is 5.44. The molecule has 0 fully saturated rings. The number of aromatic hydroxyl groups is 1. The van der Waals surface area contributed by atoms with Crippen molar-refractivity contribution in [1.82, 2.24) is 9.97 Å². The summed E-state index contributed by atoms with van der Waals surface area (Å²) in [4.78, 5) is 18.3. The van der Waals surface area contributed by atoms with Gasteiger partial charge < -0.3 is 15.8 Å². The number of nitrogens with one attached hydrogen (secondary N) is 2. The molecule has 3 rings (SSSR count). The van der Waals surface area contributed by atoms with Crippen LogP contribution >= 0.6 is 0 Å². The number of amides is 1. The van der Waals surface area contributed by atoms with E-state index in [1.54, 1.807) is 25.1 Å². The third-order valence-corrected chi connectivity index (χ3v) is 5.15. The van der Waals surface area contributed by atoms with Crippen LogP contribution in [0.2, 0.25) is 0 Å². The second kappa shape index (κ2) is 6.10. The van der Waals surface area contributed by atoms with E-state index >= 15 is 0 Å². The van der Waals surface area contributed by atoms with Crippen molar-refractivity contribution in [2.24, 2.45) is 5.73 Å². The first-order valence-corrected chi connectivity index (χ1v) is 8.92. The summed E-state index contributed by atoms with van der Waals surface area (Å²) in [5.74, 6) is -1.20. The van der Waals surface area contributed by atoms with E-state index in [1.165, 1.54) is 12.4 Å². The van der Waals surface area contributed by atoms with E-state index in [2.05, 4.69) is 14.7 Å². The average Bonchev–Trinajstić information content (AvgIpc) is 3.01. The minimum Gasteiger partial charge on any atom is -0.507 e. The highest BCUT2D eigenvalue weighted by Gasteiger charge is 2.21. The van der Waals surface area contributed by atoms with Gasteiger partial charge in [-0.3, -0.25) is 9.52 Å². The zero-order valence-electron chi connectivity index (χ0n) is 13.3. The molecule has 0 saturated carbocycles. The molecule has 0 aliphatic rings. The number of imidazole rings is 1. The van der Waals surface area contributed by atoms with Crippen molar-refractivity contribution in [2.45, 2.75) is 18.2 Å². The molecule has 5 N–H and O–H groups in total. The van der Waals surface area contributed by atoms with Gasteiger partial charge in [-0.2, -0.15) is 0 Å². The van der Waals surface area contributed by atoms with Gasteiger partial charge in [-0.1, -0.05) is 6.92 Å². The standard InChI is InChI=1S/C16H16N4O4S/c1-2-9-5-11(7-12(15(9)21)16(17)22)25(23,24)20-10-3-4-13-14(6-10)19-8-18-13/h3-8,20-21H,2H2,1H3,(H2,17,22)(H,18,19). The first kappa shape index (κ1) is 16.8. The molecule has 0 unspecified atom stereocenters. The van der Waals surface area contributed by atoms with Crippen molar-refractivity contribution >= 4 is 32.7 Å². The highest BCUT2D eigenvalue weighted by molar-refractivity contribution is 7.92. The Morgan fingerprint density at radius 2 is 2.08 bits per heavy atom. The van der Waals surface area contributed by atoms with Gasteiger partial charge in [0, 0.05) is 0 Å². The Morgan fingerprint density at radius 1 is 1.32 bits per heavy atom. The van der Waals surface area contributed by atoms with Gasteiger partial charge in [-0.15, -0.1) is 0 Å². The van der Waals surface area contributed by atoms with Crippen LogP contribution in [-0.4, -0.2) is 29.4 Å². The quantitative estimate of drug-likeness (QED) is 0.549. The summed E-state index contributed by atoms with van der Waals surface area (Å²) in [7, 11) is -3.97. The number of hydrogen-bond donors (Lipinski definition) is 4. The Labute approximate surface area is 143 Å². The minimum atomic E-state index is -3.97. The van der Waals surface area contributed by atoms with E-state index < -0.39 is 15.9 Å². The van der Waals surface area contributed by atoms with E-state index in [-0.39, 0.29) is 16.2 Å². The Hall–Kier alpha value is -3.07. The van der Waals surface area contributed by atoms with Crippen LogP contribution in [0.25, 0.3) is 11.0 Å². The van der Waals surface area contributed by atoms with Crippen molar-refractivity contribution < 1.29 is 18.3 Å². The molecular formula is C16H16N4O4S. The smallest absolute Gasteiger partial charge is 0.261 e. The summed E-state index contributed by atoms with van der Waals surface area (Å²) >= 11 is 0. The molecule has 1 heterocycles. The van der Waals surface area contributed by atoms with Gasteiger partial charge >= 0.3 is 0 Å². The number of nitrogens with zero attached hydrogens (tertiary/aromatic N) is 1. The van der Waals surface area contributed by atoms with Crippen molar-refractivity contribution in [3.8, 4) is 5.75 Å². The lowest BCUT2D eigenvalue weighted by Crippen LogP contribution is -2.17. The lowest BCUT2D eigenvalue weighted by Gasteiger charge is -2.12. The Kier molecular flexibility index (Phi) is 4.09. The molecule has 0 spiro atoms. The maximum absolute atomic E-state index is 12.7. The zero-order chi connectivity index (χ0) is 18.2. The summed E-state index contributed by atoms with van der Waals surface area (Å²) < 4.78 is 27.8. The lowest BCUT2D eigenvalue weighted by molar-refractivity contribution is 0.0997. The molecule has 0 aliphatic heterocycles. The fourth-order valence-corrected chi connectivity index (χ4v) is 3.62. The number of anilines is 1. The molecule has 25 heavy (non-hydrogen) atoms. The first-order chi connectivity index (χ1) is 11.8. The van der Waals surface area contributed by atoms with Gasteiger partial charge in [0.1, 0.15) is 5.75 Å². The predicted molar refractivity (Wildman–Crippen MR) is 92.9 cm³/mol. The third kappa shape index (κ3) is 3.13. The molecule has 0 atom stereocenters. The number of aromatic nitrogens is 2. The van der Waals surface area contributed by atoms with Gasteiger partial charge in [0.05, 0.1) is 33.5 Å². The monoisotopic (exact) mass is 360 g/mol. The number of primary amides is 1. The maximum atomic E-state index is 12.7. The van der Waals surface area contributed by atoms with Crippen LogP contribution in [0, 0.1) is 0 Å². The summed E-state index contributed by atoms with van der Waals surface area (Å²) in [6, 6.07) is 7.24. The third-order valence-electron chi connectivity index (χ3n) is 3.79. The molecule has 130 valence electrons. The summed E-state index contributed by atoms with van der Waals surface area (Å²) in [6.45, 7) is 1.73. The van der Waals surface area contributed by atoms with E-state index in [0.29, 0.717) is 28.7 Å². The number of carbonyl (C=O) groups is 1. The van der Waals surface area contributed by atoms with E-state index in [9.17, 15) is 18.3 Å². The van der Waals surface area contributed by atoms with Gasteiger partial charge in [0.2, 0.25) is 0 Å². The molecule has 0 saturated heterocycles. The van der Waals surface area contributed by atoms with Crippen LogP contribution in [0.1, 0.15) is 22.8 Å². The van der Waals surface area contributed by atoms with Crippen LogP contribution < -0.4 is 10.5 Å². The molecule has 0 aliphatic carbocycles.